The topological polar surface area (TPSA) is 3.24 Å². The summed E-state index contributed by atoms with van der Waals surface area (Å²) in [6.07, 6.45) is 11.8. The Morgan fingerprint density at radius 2 is 1.88 bits per heavy atom. The van der Waals surface area contributed by atoms with Crippen molar-refractivity contribution in [3.63, 3.8) is 0 Å². The van der Waals surface area contributed by atoms with Gasteiger partial charge in [0.2, 0.25) is 0 Å². The molecule has 0 aliphatic carbocycles. The van der Waals surface area contributed by atoms with Crippen molar-refractivity contribution in [1.29, 1.82) is 0 Å². The van der Waals surface area contributed by atoms with Gasteiger partial charge in [0.25, 0.3) is 0 Å². The van der Waals surface area contributed by atoms with Crippen LogP contribution < -0.4 is 0 Å². The van der Waals surface area contributed by atoms with Crippen LogP contribution in [0, 0.1) is 5.92 Å². The smallest absolute Gasteiger partial charge is 0.00439 e. The Labute approximate surface area is 102 Å². The van der Waals surface area contributed by atoms with E-state index in [1.54, 1.807) is 0 Å². The van der Waals surface area contributed by atoms with E-state index in [1.807, 2.05) is 0 Å². The van der Waals surface area contributed by atoms with Gasteiger partial charge in [0.05, 0.1) is 0 Å². The van der Waals surface area contributed by atoms with E-state index in [0.29, 0.717) is 5.92 Å². The molecule has 0 radical (unpaired) electrons. The first-order valence-electron chi connectivity index (χ1n) is 6.66. The molecule has 16 heavy (non-hydrogen) atoms. The van der Waals surface area contributed by atoms with Gasteiger partial charge in [-0.25, -0.2) is 0 Å². The molecular formula is C15H29N. The Bertz CT molecular complexity index is 213. The van der Waals surface area contributed by atoms with Gasteiger partial charge in [-0.2, -0.15) is 0 Å². The van der Waals surface area contributed by atoms with Crippen LogP contribution in [0.2, 0.25) is 0 Å². The number of nitrogens with zero attached hydrogens (tertiary/aromatic N) is 1. The maximum atomic E-state index is 2.38. The van der Waals surface area contributed by atoms with Gasteiger partial charge < -0.3 is 4.90 Å². The summed E-state index contributed by atoms with van der Waals surface area (Å²) < 4.78 is 0. The lowest BCUT2D eigenvalue weighted by Crippen LogP contribution is -2.22. The average Bonchev–Trinajstić information content (AvgIpc) is 2.25. The van der Waals surface area contributed by atoms with Crippen LogP contribution in [-0.2, 0) is 0 Å². The van der Waals surface area contributed by atoms with E-state index in [-0.39, 0.29) is 0 Å². The van der Waals surface area contributed by atoms with E-state index in [4.69, 9.17) is 0 Å². The van der Waals surface area contributed by atoms with Gasteiger partial charge in [-0.15, -0.1) is 0 Å². The van der Waals surface area contributed by atoms with Crippen molar-refractivity contribution in [2.24, 2.45) is 5.92 Å². The molecule has 1 nitrogen and oxygen atoms in total. The van der Waals surface area contributed by atoms with E-state index in [1.165, 1.54) is 24.8 Å². The number of allylic oxidation sites excluding steroid dienone is 3. The summed E-state index contributed by atoms with van der Waals surface area (Å²) in [5.74, 6) is 0.683. The third-order valence-corrected chi connectivity index (χ3v) is 2.76. The highest BCUT2D eigenvalue weighted by molar-refractivity contribution is 5.22. The summed E-state index contributed by atoms with van der Waals surface area (Å²) in [6.45, 7) is 7.88. The third kappa shape index (κ3) is 6.84. The molecule has 0 aromatic rings. The van der Waals surface area contributed by atoms with Crippen molar-refractivity contribution in [2.75, 3.05) is 20.6 Å². The van der Waals surface area contributed by atoms with Crippen molar-refractivity contribution in [1.82, 2.24) is 4.90 Å². The summed E-state index contributed by atoms with van der Waals surface area (Å²) in [7, 11) is 4.31. The van der Waals surface area contributed by atoms with Crippen LogP contribution in [-0.4, -0.2) is 25.5 Å². The van der Waals surface area contributed by atoms with Crippen LogP contribution in [0.15, 0.2) is 23.8 Å². The summed E-state index contributed by atoms with van der Waals surface area (Å²) in [6, 6.07) is 0. The first kappa shape index (κ1) is 15.4. The lowest BCUT2D eigenvalue weighted by Gasteiger charge is -2.21. The van der Waals surface area contributed by atoms with Gasteiger partial charge >= 0.3 is 0 Å². The van der Waals surface area contributed by atoms with Gasteiger partial charge in [0.15, 0.2) is 0 Å². The predicted molar refractivity (Wildman–Crippen MR) is 74.8 cm³/mol. The zero-order valence-electron chi connectivity index (χ0n) is 11.8. The first-order chi connectivity index (χ1) is 7.65. The van der Waals surface area contributed by atoms with Crippen LogP contribution >= 0.6 is 0 Å². The molecule has 94 valence electrons. The SMILES string of the molecule is CCC=C(/C=C\CCC)C(CC)CN(C)C. The van der Waals surface area contributed by atoms with Crippen LogP contribution in [0.25, 0.3) is 0 Å². The molecule has 0 saturated carbocycles. The zero-order valence-corrected chi connectivity index (χ0v) is 11.8. The Morgan fingerprint density at radius 3 is 2.31 bits per heavy atom. The van der Waals surface area contributed by atoms with Gasteiger partial charge in [-0.05, 0) is 44.8 Å². The quantitative estimate of drug-likeness (QED) is 0.556. The van der Waals surface area contributed by atoms with Gasteiger partial charge in [0, 0.05) is 6.54 Å². The Kier molecular flexibility index (Phi) is 9.31. The molecule has 0 bridgehead atoms. The normalized spacial score (nSPS) is 15.0. The highest BCUT2D eigenvalue weighted by Gasteiger charge is 2.10. The second-order valence-electron chi connectivity index (χ2n) is 4.67. The van der Waals surface area contributed by atoms with E-state index in [9.17, 15) is 0 Å². The molecule has 0 N–H and O–H groups in total. The van der Waals surface area contributed by atoms with Crippen molar-refractivity contribution in [3.8, 4) is 0 Å². The molecule has 0 saturated heterocycles. The van der Waals surface area contributed by atoms with Crippen molar-refractivity contribution >= 4 is 0 Å². The molecule has 0 aromatic carbocycles. The Morgan fingerprint density at radius 1 is 1.19 bits per heavy atom. The van der Waals surface area contributed by atoms with E-state index in [0.717, 1.165) is 13.0 Å². The Balaban J connectivity index is 4.53. The predicted octanol–water partition coefficient (Wildman–Crippen LogP) is 4.27. The highest BCUT2D eigenvalue weighted by Crippen LogP contribution is 2.18. The van der Waals surface area contributed by atoms with E-state index in [2.05, 4.69) is 58.0 Å². The number of hydrogen-bond donors (Lipinski definition) is 0. The minimum Gasteiger partial charge on any atom is -0.309 e. The summed E-state index contributed by atoms with van der Waals surface area (Å²) >= 11 is 0. The molecule has 1 heteroatoms. The zero-order chi connectivity index (χ0) is 12.4. The minimum atomic E-state index is 0.683. The molecular weight excluding hydrogens is 194 g/mol. The monoisotopic (exact) mass is 223 g/mol. The molecule has 0 aromatic heterocycles. The molecule has 0 aliphatic rings. The van der Waals surface area contributed by atoms with Crippen LogP contribution in [0.1, 0.15) is 46.5 Å². The van der Waals surface area contributed by atoms with Crippen LogP contribution in [0.3, 0.4) is 0 Å². The van der Waals surface area contributed by atoms with Crippen molar-refractivity contribution in [2.45, 2.75) is 46.5 Å². The summed E-state index contributed by atoms with van der Waals surface area (Å²) in [5, 5.41) is 0. The standard InChI is InChI=1S/C15H29N/c1-6-9-10-12-15(11-7-2)14(8-3)13-16(4)5/h10-12,14H,6-9,13H2,1-5H3/b12-10-,15-11?. The lowest BCUT2D eigenvalue weighted by atomic mass is 9.94. The van der Waals surface area contributed by atoms with Crippen molar-refractivity contribution in [3.05, 3.63) is 23.8 Å². The molecule has 0 heterocycles. The first-order valence-corrected chi connectivity index (χ1v) is 6.66. The lowest BCUT2D eigenvalue weighted by molar-refractivity contribution is 0.347. The fourth-order valence-electron chi connectivity index (χ4n) is 1.90. The maximum Gasteiger partial charge on any atom is 0.00439 e. The minimum absolute atomic E-state index is 0.683. The van der Waals surface area contributed by atoms with Crippen LogP contribution in [0.5, 0.6) is 0 Å². The average molecular weight is 223 g/mol. The van der Waals surface area contributed by atoms with Gasteiger partial charge in [-0.1, -0.05) is 45.4 Å². The summed E-state index contributed by atoms with van der Waals surface area (Å²) in [4.78, 5) is 2.28. The van der Waals surface area contributed by atoms with Gasteiger partial charge in [0.1, 0.15) is 0 Å². The molecule has 0 spiro atoms. The van der Waals surface area contributed by atoms with Gasteiger partial charge in [-0.3, -0.25) is 0 Å². The molecule has 0 rings (SSSR count). The van der Waals surface area contributed by atoms with E-state index < -0.39 is 0 Å². The number of rotatable bonds is 8. The van der Waals surface area contributed by atoms with Crippen LogP contribution in [0.4, 0.5) is 0 Å². The number of hydrogen-bond acceptors (Lipinski definition) is 1. The third-order valence-electron chi connectivity index (χ3n) is 2.76. The fraction of sp³-hybridized carbons (Fsp3) is 0.733. The van der Waals surface area contributed by atoms with Crippen molar-refractivity contribution < 1.29 is 0 Å². The van der Waals surface area contributed by atoms with E-state index >= 15 is 0 Å². The number of unbranched alkanes of at least 4 members (excludes halogenated alkanes) is 1. The molecule has 0 fully saturated rings. The molecule has 0 aliphatic heterocycles. The highest BCUT2D eigenvalue weighted by atomic mass is 15.1. The maximum absolute atomic E-state index is 2.38. The second kappa shape index (κ2) is 9.65. The largest absolute Gasteiger partial charge is 0.309 e. The second-order valence-corrected chi connectivity index (χ2v) is 4.67. The molecule has 0 amide bonds. The fourth-order valence-corrected chi connectivity index (χ4v) is 1.90. The summed E-state index contributed by atoms with van der Waals surface area (Å²) in [5.41, 5.74) is 1.52. The molecule has 1 atom stereocenters. The molecule has 1 unspecified atom stereocenters. The Hall–Kier alpha value is -0.560.